The van der Waals surface area contributed by atoms with Gasteiger partial charge in [0.1, 0.15) is 5.84 Å². The molecule has 0 bridgehead atoms. The van der Waals surface area contributed by atoms with Crippen LogP contribution in [0, 0.1) is 0 Å². The van der Waals surface area contributed by atoms with Crippen molar-refractivity contribution in [3.63, 3.8) is 0 Å². The van der Waals surface area contributed by atoms with Gasteiger partial charge >= 0.3 is 0 Å². The molecule has 0 aromatic carbocycles. The minimum Gasteiger partial charge on any atom is -0.409 e. The van der Waals surface area contributed by atoms with Crippen LogP contribution >= 0.6 is 0 Å². The van der Waals surface area contributed by atoms with E-state index >= 15 is 0 Å². The van der Waals surface area contributed by atoms with Gasteiger partial charge in [-0.25, -0.2) is 0 Å². The number of hydrogen-bond donors (Lipinski definition) is 2. The Bertz CT molecular complexity index is 153. The summed E-state index contributed by atoms with van der Waals surface area (Å²) in [5.74, 6) is 0.662. The van der Waals surface area contributed by atoms with E-state index in [-0.39, 0.29) is 0 Å². The van der Waals surface area contributed by atoms with Crippen LogP contribution in [0.3, 0.4) is 0 Å². The predicted octanol–water partition coefficient (Wildman–Crippen LogP) is 1.44. The van der Waals surface area contributed by atoms with Gasteiger partial charge in [-0.15, -0.1) is 0 Å². The Hall–Kier alpha value is -0.553. The summed E-state index contributed by atoms with van der Waals surface area (Å²) in [6, 6.07) is 0. The molecule has 0 aromatic rings. The van der Waals surface area contributed by atoms with E-state index in [1.165, 1.54) is 0 Å². The first kappa shape index (κ1) is 12.4. The van der Waals surface area contributed by atoms with E-state index in [0.29, 0.717) is 12.4 Å². The number of amidine groups is 1. The van der Waals surface area contributed by atoms with Gasteiger partial charge in [0.05, 0.1) is 0 Å². The second-order valence-electron chi connectivity index (χ2n) is 2.89. The topological polar surface area (TPSA) is 53.9 Å². The van der Waals surface area contributed by atoms with E-state index in [0.717, 1.165) is 19.3 Å². The van der Waals surface area contributed by atoms with Crippen molar-refractivity contribution in [2.45, 2.75) is 39.7 Å². The molecule has 0 heterocycles. The molecule has 0 aliphatic rings. The molecule has 0 spiro atoms. The van der Waals surface area contributed by atoms with E-state index < -0.39 is 9.20 Å². The molecular weight excluding hydrogens is 184 g/mol. The second-order valence-corrected chi connectivity index (χ2v) is 4.80. The van der Waals surface area contributed by atoms with Crippen LogP contribution in [0.4, 0.5) is 0 Å². The fraction of sp³-hybridized carbons (Fsp3) is 0.875. The molecule has 78 valence electrons. The van der Waals surface area contributed by atoms with E-state index in [9.17, 15) is 0 Å². The SMILES string of the molecule is CCCCC(=NO)N[SiH](C)OCC. The average molecular weight is 204 g/mol. The molecule has 0 aromatic heterocycles. The van der Waals surface area contributed by atoms with Crippen LogP contribution in [0.25, 0.3) is 0 Å². The van der Waals surface area contributed by atoms with Crippen LogP contribution in [0.1, 0.15) is 33.1 Å². The lowest BCUT2D eigenvalue weighted by molar-refractivity contribution is 0.313. The van der Waals surface area contributed by atoms with Crippen molar-refractivity contribution in [3.8, 4) is 0 Å². The van der Waals surface area contributed by atoms with Gasteiger partial charge < -0.3 is 14.6 Å². The number of nitrogens with zero attached hydrogens (tertiary/aromatic N) is 1. The molecule has 0 rings (SSSR count). The molecule has 0 radical (unpaired) electrons. The lowest BCUT2D eigenvalue weighted by Crippen LogP contribution is -2.38. The first-order valence-corrected chi connectivity index (χ1v) is 7.04. The first-order chi connectivity index (χ1) is 6.24. The van der Waals surface area contributed by atoms with Gasteiger partial charge in [-0.05, 0) is 19.9 Å². The highest BCUT2D eigenvalue weighted by Crippen LogP contribution is 1.95. The molecule has 0 saturated heterocycles. The lowest BCUT2D eigenvalue weighted by atomic mass is 10.2. The standard InChI is InChI=1S/C8H20N2O2Si/c1-4-6-7-8(9-11)10-13(3)12-5-2/h11,13H,4-7H2,1-3H3,(H,9,10). The quantitative estimate of drug-likeness (QED) is 0.226. The third-order valence-electron chi connectivity index (χ3n) is 1.67. The molecule has 0 fully saturated rings. The van der Waals surface area contributed by atoms with Crippen molar-refractivity contribution in [2.24, 2.45) is 5.16 Å². The highest BCUT2D eigenvalue weighted by Gasteiger charge is 2.06. The van der Waals surface area contributed by atoms with Gasteiger partial charge in [-0.2, -0.15) is 0 Å². The fourth-order valence-electron chi connectivity index (χ4n) is 1.02. The summed E-state index contributed by atoms with van der Waals surface area (Å²) < 4.78 is 5.39. The van der Waals surface area contributed by atoms with Crippen LogP contribution in [0.15, 0.2) is 5.16 Å². The number of rotatable bonds is 6. The van der Waals surface area contributed by atoms with Crippen molar-refractivity contribution in [1.29, 1.82) is 0 Å². The summed E-state index contributed by atoms with van der Waals surface area (Å²) in [5, 5.41) is 11.9. The number of nitrogens with one attached hydrogen (secondary N) is 1. The minimum atomic E-state index is -1.36. The third kappa shape index (κ3) is 6.59. The predicted molar refractivity (Wildman–Crippen MR) is 56.5 cm³/mol. The Morgan fingerprint density at radius 2 is 2.23 bits per heavy atom. The van der Waals surface area contributed by atoms with E-state index in [4.69, 9.17) is 9.63 Å². The second kappa shape index (κ2) is 8.06. The zero-order valence-corrected chi connectivity index (χ0v) is 9.86. The smallest absolute Gasteiger partial charge is 0.279 e. The third-order valence-corrected chi connectivity index (χ3v) is 3.25. The number of unbranched alkanes of at least 4 members (excludes halogenated alkanes) is 1. The fourth-order valence-corrected chi connectivity index (χ4v) is 2.28. The Labute approximate surface area is 81.8 Å². The molecule has 5 heteroatoms. The maximum absolute atomic E-state index is 8.66. The summed E-state index contributed by atoms with van der Waals surface area (Å²) in [6.45, 7) is 6.82. The Balaban J connectivity index is 3.71. The molecule has 13 heavy (non-hydrogen) atoms. The van der Waals surface area contributed by atoms with Crippen molar-refractivity contribution >= 4 is 15.0 Å². The summed E-state index contributed by atoms with van der Waals surface area (Å²) >= 11 is 0. The molecule has 0 saturated carbocycles. The maximum Gasteiger partial charge on any atom is 0.279 e. The summed E-state index contributed by atoms with van der Waals surface area (Å²) in [6.07, 6.45) is 2.95. The Kier molecular flexibility index (Phi) is 7.72. The largest absolute Gasteiger partial charge is 0.409 e. The molecule has 1 unspecified atom stereocenters. The van der Waals surface area contributed by atoms with Crippen LogP contribution in [0.2, 0.25) is 6.55 Å². The zero-order valence-electron chi connectivity index (χ0n) is 8.71. The van der Waals surface area contributed by atoms with Gasteiger partial charge in [-0.3, -0.25) is 0 Å². The first-order valence-electron chi connectivity index (χ1n) is 4.83. The summed E-state index contributed by atoms with van der Waals surface area (Å²) in [7, 11) is -1.36. The lowest BCUT2D eigenvalue weighted by Gasteiger charge is -2.13. The van der Waals surface area contributed by atoms with Crippen molar-refractivity contribution < 1.29 is 9.63 Å². The normalized spacial score (nSPS) is 14.2. The molecule has 0 amide bonds. The number of hydrogen-bond acceptors (Lipinski definition) is 3. The highest BCUT2D eigenvalue weighted by molar-refractivity contribution is 6.51. The van der Waals surface area contributed by atoms with Gasteiger partial charge in [0, 0.05) is 13.0 Å². The Morgan fingerprint density at radius 3 is 2.69 bits per heavy atom. The zero-order chi connectivity index (χ0) is 10.1. The van der Waals surface area contributed by atoms with Crippen molar-refractivity contribution in [1.82, 2.24) is 4.98 Å². The van der Waals surface area contributed by atoms with Gasteiger partial charge in [0.25, 0.3) is 9.20 Å². The Morgan fingerprint density at radius 1 is 1.54 bits per heavy atom. The molecule has 0 aliphatic carbocycles. The summed E-state index contributed by atoms with van der Waals surface area (Å²) in [5.41, 5.74) is 0. The highest BCUT2D eigenvalue weighted by atomic mass is 28.3. The van der Waals surface area contributed by atoms with Gasteiger partial charge in [-0.1, -0.05) is 18.5 Å². The van der Waals surface area contributed by atoms with Crippen molar-refractivity contribution in [2.75, 3.05) is 6.61 Å². The molecule has 1 atom stereocenters. The van der Waals surface area contributed by atoms with E-state index in [1.54, 1.807) is 0 Å². The maximum atomic E-state index is 8.66. The van der Waals surface area contributed by atoms with Crippen LogP contribution < -0.4 is 4.98 Å². The van der Waals surface area contributed by atoms with E-state index in [1.807, 2.05) is 13.5 Å². The minimum absolute atomic E-state index is 0.662. The molecule has 0 aliphatic heterocycles. The number of oxime groups is 1. The van der Waals surface area contributed by atoms with Gasteiger partial charge in [0.15, 0.2) is 0 Å². The molecular formula is C8H20N2O2Si. The average Bonchev–Trinajstić information content (AvgIpc) is 2.12. The molecule has 4 nitrogen and oxygen atoms in total. The van der Waals surface area contributed by atoms with Crippen molar-refractivity contribution in [3.05, 3.63) is 0 Å². The van der Waals surface area contributed by atoms with Crippen LogP contribution in [0.5, 0.6) is 0 Å². The van der Waals surface area contributed by atoms with Crippen LogP contribution in [-0.4, -0.2) is 26.9 Å². The van der Waals surface area contributed by atoms with Gasteiger partial charge in [0.2, 0.25) is 0 Å². The van der Waals surface area contributed by atoms with Crippen LogP contribution in [-0.2, 0) is 4.43 Å². The van der Waals surface area contributed by atoms with E-state index in [2.05, 4.69) is 17.1 Å². The molecule has 2 N–H and O–H groups in total. The summed E-state index contributed by atoms with van der Waals surface area (Å²) in [4.78, 5) is 3.12. The monoisotopic (exact) mass is 204 g/mol.